The van der Waals surface area contributed by atoms with Crippen molar-refractivity contribution in [2.75, 3.05) is 20.2 Å². The summed E-state index contributed by atoms with van der Waals surface area (Å²) >= 11 is 0. The van der Waals surface area contributed by atoms with Gasteiger partial charge in [-0.25, -0.2) is 0 Å². The van der Waals surface area contributed by atoms with Crippen molar-refractivity contribution in [2.24, 2.45) is 5.92 Å². The van der Waals surface area contributed by atoms with Crippen molar-refractivity contribution >= 4 is 0 Å². The van der Waals surface area contributed by atoms with Crippen molar-refractivity contribution in [3.8, 4) is 17.1 Å². The number of aromatic nitrogens is 1. The van der Waals surface area contributed by atoms with Crippen LogP contribution < -0.4 is 10.3 Å². The molecule has 0 spiro atoms. The van der Waals surface area contributed by atoms with Gasteiger partial charge < -0.3 is 13.7 Å². The first-order valence-electron chi connectivity index (χ1n) is 9.84. The van der Waals surface area contributed by atoms with Crippen LogP contribution >= 0.6 is 0 Å². The number of hydrogen-bond acceptors (Lipinski definition) is 4. The predicted molar refractivity (Wildman–Crippen MR) is 108 cm³/mol. The van der Waals surface area contributed by atoms with E-state index in [9.17, 15) is 4.79 Å². The molecular weight excluding hydrogens is 352 g/mol. The molecule has 1 saturated heterocycles. The second-order valence-corrected chi connectivity index (χ2v) is 7.91. The van der Waals surface area contributed by atoms with Gasteiger partial charge in [-0.05, 0) is 54.3 Å². The number of pyridine rings is 1. The summed E-state index contributed by atoms with van der Waals surface area (Å²) in [6.45, 7) is 3.74. The van der Waals surface area contributed by atoms with Crippen LogP contribution in [0.3, 0.4) is 0 Å². The first kappa shape index (κ1) is 17.3. The number of piperidine rings is 1. The van der Waals surface area contributed by atoms with E-state index in [-0.39, 0.29) is 5.56 Å². The number of hydrogen-bond donors (Lipinski definition) is 0. The van der Waals surface area contributed by atoms with Gasteiger partial charge in [0.1, 0.15) is 11.5 Å². The molecule has 0 radical (unpaired) electrons. The summed E-state index contributed by atoms with van der Waals surface area (Å²) in [5.41, 5.74) is 3.19. The molecule has 0 amide bonds. The van der Waals surface area contributed by atoms with E-state index < -0.39 is 0 Å². The summed E-state index contributed by atoms with van der Waals surface area (Å²) in [5, 5.41) is 0. The molecule has 2 atom stereocenters. The molecule has 2 aliphatic rings. The zero-order chi connectivity index (χ0) is 19.1. The van der Waals surface area contributed by atoms with Crippen molar-refractivity contribution in [1.82, 2.24) is 9.47 Å². The van der Waals surface area contributed by atoms with Crippen molar-refractivity contribution < 1.29 is 9.15 Å². The van der Waals surface area contributed by atoms with Crippen LogP contribution in [0.1, 0.15) is 23.6 Å². The minimum atomic E-state index is 0.0748. The Hall–Kier alpha value is -2.79. The number of furan rings is 1. The van der Waals surface area contributed by atoms with E-state index in [0.717, 1.165) is 37.6 Å². The summed E-state index contributed by atoms with van der Waals surface area (Å²) in [6, 6.07) is 16.0. The Morgan fingerprint density at radius 3 is 2.68 bits per heavy atom. The third-order valence-corrected chi connectivity index (χ3v) is 6.03. The van der Waals surface area contributed by atoms with E-state index in [1.54, 1.807) is 13.4 Å². The van der Waals surface area contributed by atoms with Crippen molar-refractivity contribution in [3.05, 3.63) is 76.4 Å². The van der Waals surface area contributed by atoms with Crippen LogP contribution in [0.2, 0.25) is 0 Å². The smallest absolute Gasteiger partial charge is 0.261 e. The summed E-state index contributed by atoms with van der Waals surface area (Å²) in [5.74, 6) is 2.45. The van der Waals surface area contributed by atoms with Gasteiger partial charge in [-0.3, -0.25) is 9.69 Å². The standard InChI is InChI=1S/C23H24N2O3/c1-27-19-6-4-16(5-7-19)12-24-13-17-11-18(15-24)21-9-8-20(22-3-2-10-28-22)23(26)25(21)14-17/h2-10,17-18H,11-15H2,1H3/t17-,18+/m0/s1. The van der Waals surface area contributed by atoms with Crippen LogP contribution in [-0.2, 0) is 13.1 Å². The van der Waals surface area contributed by atoms with E-state index in [2.05, 4.69) is 23.1 Å². The summed E-state index contributed by atoms with van der Waals surface area (Å²) < 4.78 is 12.7. The number of fused-ring (bicyclic) bond motifs is 4. The SMILES string of the molecule is COc1ccc(CN2C[C@@H]3C[C@H](C2)c2ccc(-c4ccco4)c(=O)n2C3)cc1. The van der Waals surface area contributed by atoms with E-state index in [0.29, 0.717) is 23.2 Å². The van der Waals surface area contributed by atoms with Crippen molar-refractivity contribution in [1.29, 1.82) is 0 Å². The first-order valence-corrected chi connectivity index (χ1v) is 9.84. The van der Waals surface area contributed by atoms with Gasteiger partial charge in [-0.1, -0.05) is 12.1 Å². The number of methoxy groups -OCH3 is 1. The Balaban J connectivity index is 1.39. The average Bonchev–Trinajstić information content (AvgIpc) is 3.24. The molecule has 1 fully saturated rings. The maximum atomic E-state index is 13.1. The van der Waals surface area contributed by atoms with Gasteiger partial charge in [-0.15, -0.1) is 0 Å². The molecule has 28 heavy (non-hydrogen) atoms. The highest BCUT2D eigenvalue weighted by Gasteiger charge is 2.35. The van der Waals surface area contributed by atoms with Crippen LogP contribution in [0.4, 0.5) is 0 Å². The predicted octanol–water partition coefficient (Wildman–Crippen LogP) is 3.74. The molecule has 5 heteroatoms. The molecule has 0 saturated carbocycles. The molecule has 0 N–H and O–H groups in total. The summed E-state index contributed by atoms with van der Waals surface area (Å²) in [6.07, 6.45) is 2.78. The first-order chi connectivity index (χ1) is 13.7. The van der Waals surface area contributed by atoms with Gasteiger partial charge in [0.15, 0.2) is 0 Å². The number of benzene rings is 1. The maximum absolute atomic E-state index is 13.1. The van der Waals surface area contributed by atoms with E-state index in [1.807, 2.05) is 34.9 Å². The molecule has 2 bridgehead atoms. The Morgan fingerprint density at radius 1 is 1.07 bits per heavy atom. The highest BCUT2D eigenvalue weighted by Crippen LogP contribution is 2.36. The summed E-state index contributed by atoms with van der Waals surface area (Å²) in [7, 11) is 1.69. The largest absolute Gasteiger partial charge is 0.497 e. The van der Waals surface area contributed by atoms with Crippen LogP contribution in [0.15, 0.2) is 64.0 Å². The average molecular weight is 376 g/mol. The lowest BCUT2D eigenvalue weighted by atomic mass is 9.82. The normalized spacial score (nSPS) is 21.3. The molecule has 144 valence electrons. The van der Waals surface area contributed by atoms with E-state index in [4.69, 9.17) is 9.15 Å². The number of rotatable bonds is 4. The Kier molecular flexibility index (Phi) is 4.32. The van der Waals surface area contributed by atoms with Gasteiger partial charge in [-0.2, -0.15) is 0 Å². The molecular formula is C23H24N2O3. The number of likely N-dealkylation sites (tertiary alicyclic amines) is 1. The maximum Gasteiger partial charge on any atom is 0.261 e. The molecule has 5 rings (SSSR count). The van der Waals surface area contributed by atoms with Crippen LogP contribution in [0, 0.1) is 5.92 Å². The highest BCUT2D eigenvalue weighted by atomic mass is 16.5. The Morgan fingerprint density at radius 2 is 1.93 bits per heavy atom. The molecule has 0 unspecified atom stereocenters. The lowest BCUT2D eigenvalue weighted by Crippen LogP contribution is -2.46. The fraction of sp³-hybridized carbons (Fsp3) is 0.348. The Bertz CT molecular complexity index is 1020. The van der Waals surface area contributed by atoms with Gasteiger partial charge in [0.25, 0.3) is 5.56 Å². The molecule has 2 aliphatic heterocycles. The second kappa shape index (κ2) is 6.99. The minimum absolute atomic E-state index is 0.0748. The van der Waals surface area contributed by atoms with Gasteiger partial charge in [0, 0.05) is 37.8 Å². The van der Waals surface area contributed by atoms with Crippen LogP contribution in [0.5, 0.6) is 5.75 Å². The zero-order valence-electron chi connectivity index (χ0n) is 16.0. The molecule has 5 nitrogen and oxygen atoms in total. The molecule has 3 aromatic rings. The second-order valence-electron chi connectivity index (χ2n) is 7.91. The fourth-order valence-electron chi connectivity index (χ4n) is 4.78. The van der Waals surface area contributed by atoms with E-state index >= 15 is 0 Å². The van der Waals surface area contributed by atoms with Crippen LogP contribution in [0.25, 0.3) is 11.3 Å². The fourth-order valence-corrected chi connectivity index (χ4v) is 4.78. The van der Waals surface area contributed by atoms with Gasteiger partial charge >= 0.3 is 0 Å². The lowest BCUT2D eigenvalue weighted by Gasteiger charge is -2.43. The lowest BCUT2D eigenvalue weighted by molar-refractivity contribution is 0.114. The van der Waals surface area contributed by atoms with Gasteiger partial charge in [0.05, 0.1) is 18.9 Å². The third-order valence-electron chi connectivity index (χ3n) is 6.03. The molecule has 0 aliphatic carbocycles. The molecule has 2 aromatic heterocycles. The third kappa shape index (κ3) is 3.06. The van der Waals surface area contributed by atoms with Gasteiger partial charge in [0.2, 0.25) is 0 Å². The molecule has 4 heterocycles. The van der Waals surface area contributed by atoms with E-state index in [1.165, 1.54) is 12.0 Å². The van der Waals surface area contributed by atoms with Crippen molar-refractivity contribution in [3.63, 3.8) is 0 Å². The summed E-state index contributed by atoms with van der Waals surface area (Å²) in [4.78, 5) is 15.6. The highest BCUT2D eigenvalue weighted by molar-refractivity contribution is 5.56. The topological polar surface area (TPSA) is 47.6 Å². The van der Waals surface area contributed by atoms with Crippen LogP contribution in [-0.4, -0.2) is 29.7 Å². The molecule has 1 aromatic carbocycles. The van der Waals surface area contributed by atoms with Crippen molar-refractivity contribution in [2.45, 2.75) is 25.4 Å². The Labute approximate surface area is 164 Å². The monoisotopic (exact) mass is 376 g/mol. The quantitative estimate of drug-likeness (QED) is 0.696. The minimum Gasteiger partial charge on any atom is -0.497 e. The zero-order valence-corrected chi connectivity index (χ0v) is 16.0. The number of nitrogens with zero attached hydrogens (tertiary/aromatic N) is 2. The number of ether oxygens (including phenoxy) is 1.